The summed E-state index contributed by atoms with van der Waals surface area (Å²) in [6.07, 6.45) is 2.94. The molecule has 2 N–H and O–H groups in total. The molecular weight excluding hydrogens is 129 g/mol. The summed E-state index contributed by atoms with van der Waals surface area (Å²) in [4.78, 5) is 0. The van der Waals surface area contributed by atoms with Crippen molar-refractivity contribution in [2.45, 2.75) is 32.4 Å². The van der Waals surface area contributed by atoms with Crippen LogP contribution in [0.25, 0.3) is 0 Å². The Morgan fingerprint density at radius 3 is 2.30 bits per heavy atom. The van der Waals surface area contributed by atoms with Crippen LogP contribution in [0.2, 0.25) is 0 Å². The molecule has 0 aromatic rings. The third-order valence-electron chi connectivity index (χ3n) is 2.62. The molecule has 0 radical (unpaired) electrons. The fraction of sp³-hybridized carbons (Fsp3) is 1.00. The molecule has 0 bridgehead atoms. The largest absolute Gasteiger partial charge is 0.330 e. The van der Waals surface area contributed by atoms with E-state index in [0.29, 0.717) is 12.5 Å². The van der Waals surface area contributed by atoms with Gasteiger partial charge in [-0.05, 0) is 19.4 Å². The van der Waals surface area contributed by atoms with Crippen molar-refractivity contribution in [2.75, 3.05) is 6.54 Å². The van der Waals surface area contributed by atoms with Gasteiger partial charge in [0.25, 0.3) is 0 Å². The highest BCUT2D eigenvalue weighted by Gasteiger charge is 2.29. The molecule has 0 saturated heterocycles. The van der Waals surface area contributed by atoms with Crippen LogP contribution < -0.4 is 5.73 Å². The van der Waals surface area contributed by atoms with Gasteiger partial charge in [0.05, 0.1) is 0 Å². The lowest BCUT2D eigenvalue weighted by atomic mass is 9.74. The van der Waals surface area contributed by atoms with E-state index in [0.717, 1.165) is 0 Å². The van der Waals surface area contributed by atoms with Gasteiger partial charge in [-0.25, -0.2) is 4.39 Å². The summed E-state index contributed by atoms with van der Waals surface area (Å²) in [6, 6.07) is 0. The van der Waals surface area contributed by atoms with Gasteiger partial charge in [-0.3, -0.25) is 0 Å². The number of hydrogen-bond acceptors (Lipinski definition) is 1. The van der Waals surface area contributed by atoms with Crippen LogP contribution in [0.4, 0.5) is 4.39 Å². The predicted octanol–water partition coefficient (Wildman–Crippen LogP) is 1.72. The fourth-order valence-electron chi connectivity index (χ4n) is 1.62. The van der Waals surface area contributed by atoms with E-state index >= 15 is 0 Å². The van der Waals surface area contributed by atoms with Crippen molar-refractivity contribution >= 4 is 0 Å². The van der Waals surface area contributed by atoms with Crippen LogP contribution in [0.3, 0.4) is 0 Å². The summed E-state index contributed by atoms with van der Waals surface area (Å²) in [5.74, 6) is 0.721. The Kier molecular flexibility index (Phi) is 2.66. The Morgan fingerprint density at radius 2 is 2.20 bits per heavy atom. The minimum Gasteiger partial charge on any atom is -0.330 e. The second kappa shape index (κ2) is 3.33. The summed E-state index contributed by atoms with van der Waals surface area (Å²) in [5, 5.41) is 0. The highest BCUT2D eigenvalue weighted by Crippen LogP contribution is 2.35. The maximum atomic E-state index is 12.8. The lowest BCUT2D eigenvalue weighted by Gasteiger charge is -2.33. The molecule has 0 aromatic heterocycles. The molecule has 1 aliphatic carbocycles. The lowest BCUT2D eigenvalue weighted by molar-refractivity contribution is 0.125. The van der Waals surface area contributed by atoms with Crippen molar-refractivity contribution in [3.8, 4) is 0 Å². The first-order chi connectivity index (χ1) is 4.75. The van der Waals surface area contributed by atoms with Crippen molar-refractivity contribution in [1.29, 1.82) is 0 Å². The summed E-state index contributed by atoms with van der Waals surface area (Å²) in [5.41, 5.74) is 5.44. The molecule has 1 rings (SSSR count). The quantitative estimate of drug-likeness (QED) is 0.643. The standard InChI is InChI=1S/C8H16FN/c1-6(9)8(5-10)7-3-2-4-7/h6-8H,2-5,10H2,1H3. The average Bonchev–Trinajstić information content (AvgIpc) is 1.76. The first-order valence-electron chi connectivity index (χ1n) is 4.10. The van der Waals surface area contributed by atoms with E-state index in [1.165, 1.54) is 19.3 Å². The number of nitrogens with two attached hydrogens (primary N) is 1. The smallest absolute Gasteiger partial charge is 0.102 e. The molecular formula is C8H16FN. The van der Waals surface area contributed by atoms with Crippen molar-refractivity contribution in [1.82, 2.24) is 0 Å². The Balaban J connectivity index is 2.31. The molecule has 0 aliphatic heterocycles. The minimum atomic E-state index is -0.713. The zero-order valence-electron chi connectivity index (χ0n) is 6.52. The predicted molar refractivity (Wildman–Crippen MR) is 40.5 cm³/mol. The molecule has 2 atom stereocenters. The molecule has 0 amide bonds. The van der Waals surface area contributed by atoms with Crippen LogP contribution in [0.15, 0.2) is 0 Å². The van der Waals surface area contributed by atoms with E-state index in [4.69, 9.17) is 5.73 Å². The first-order valence-corrected chi connectivity index (χ1v) is 4.10. The molecule has 1 saturated carbocycles. The zero-order valence-corrected chi connectivity index (χ0v) is 6.52. The maximum Gasteiger partial charge on any atom is 0.102 e. The van der Waals surface area contributed by atoms with E-state index < -0.39 is 6.17 Å². The van der Waals surface area contributed by atoms with Gasteiger partial charge in [0.15, 0.2) is 0 Å². The molecule has 2 heteroatoms. The Bertz CT molecular complexity index is 99.4. The second-order valence-electron chi connectivity index (χ2n) is 3.27. The average molecular weight is 145 g/mol. The van der Waals surface area contributed by atoms with Crippen molar-refractivity contribution in [2.24, 2.45) is 17.6 Å². The van der Waals surface area contributed by atoms with E-state index in [2.05, 4.69) is 0 Å². The summed E-state index contributed by atoms with van der Waals surface area (Å²) in [7, 11) is 0. The van der Waals surface area contributed by atoms with Gasteiger partial charge in [0.2, 0.25) is 0 Å². The van der Waals surface area contributed by atoms with Crippen LogP contribution >= 0.6 is 0 Å². The van der Waals surface area contributed by atoms with Crippen molar-refractivity contribution in [3.63, 3.8) is 0 Å². The van der Waals surface area contributed by atoms with Crippen LogP contribution in [0.1, 0.15) is 26.2 Å². The Hall–Kier alpha value is -0.110. The fourth-order valence-corrected chi connectivity index (χ4v) is 1.62. The third kappa shape index (κ3) is 1.48. The van der Waals surface area contributed by atoms with Crippen LogP contribution in [-0.4, -0.2) is 12.7 Å². The monoisotopic (exact) mass is 145 g/mol. The van der Waals surface area contributed by atoms with Gasteiger partial charge >= 0.3 is 0 Å². The third-order valence-corrected chi connectivity index (χ3v) is 2.62. The van der Waals surface area contributed by atoms with Gasteiger partial charge in [-0.15, -0.1) is 0 Å². The van der Waals surface area contributed by atoms with Gasteiger partial charge in [0, 0.05) is 5.92 Å². The molecule has 0 aromatic carbocycles. The minimum absolute atomic E-state index is 0.133. The molecule has 2 unspecified atom stereocenters. The second-order valence-corrected chi connectivity index (χ2v) is 3.27. The Morgan fingerprint density at radius 1 is 1.60 bits per heavy atom. The molecule has 0 spiro atoms. The molecule has 1 nitrogen and oxygen atoms in total. The Labute approximate surface area is 61.8 Å². The molecule has 1 fully saturated rings. The SMILES string of the molecule is CC(F)C(CN)C1CCC1. The summed E-state index contributed by atoms with van der Waals surface area (Å²) in [6.45, 7) is 2.14. The highest BCUT2D eigenvalue weighted by atomic mass is 19.1. The van der Waals surface area contributed by atoms with E-state index in [1.807, 2.05) is 0 Å². The van der Waals surface area contributed by atoms with Gasteiger partial charge < -0.3 is 5.73 Å². The molecule has 1 aliphatic rings. The highest BCUT2D eigenvalue weighted by molar-refractivity contribution is 4.81. The van der Waals surface area contributed by atoms with Gasteiger partial charge in [-0.2, -0.15) is 0 Å². The van der Waals surface area contributed by atoms with Gasteiger partial charge in [-0.1, -0.05) is 19.3 Å². The molecule has 60 valence electrons. The number of halogens is 1. The molecule has 0 heterocycles. The number of rotatable bonds is 3. The lowest BCUT2D eigenvalue weighted by Crippen LogP contribution is -2.34. The van der Waals surface area contributed by atoms with Gasteiger partial charge in [0.1, 0.15) is 6.17 Å². The van der Waals surface area contributed by atoms with Crippen LogP contribution in [-0.2, 0) is 0 Å². The number of alkyl halides is 1. The first kappa shape index (κ1) is 7.99. The number of hydrogen-bond donors (Lipinski definition) is 1. The molecule has 10 heavy (non-hydrogen) atoms. The van der Waals surface area contributed by atoms with Crippen LogP contribution in [0.5, 0.6) is 0 Å². The van der Waals surface area contributed by atoms with Crippen LogP contribution in [0, 0.1) is 11.8 Å². The summed E-state index contributed by atoms with van der Waals surface area (Å²) < 4.78 is 12.8. The normalized spacial score (nSPS) is 25.5. The topological polar surface area (TPSA) is 26.0 Å². The van der Waals surface area contributed by atoms with Crippen molar-refractivity contribution < 1.29 is 4.39 Å². The van der Waals surface area contributed by atoms with E-state index in [-0.39, 0.29) is 5.92 Å². The summed E-state index contributed by atoms with van der Waals surface area (Å²) >= 11 is 0. The zero-order chi connectivity index (χ0) is 7.56. The maximum absolute atomic E-state index is 12.8. The van der Waals surface area contributed by atoms with E-state index in [1.54, 1.807) is 6.92 Å². The van der Waals surface area contributed by atoms with E-state index in [9.17, 15) is 4.39 Å². The van der Waals surface area contributed by atoms with Crippen molar-refractivity contribution in [3.05, 3.63) is 0 Å².